The van der Waals surface area contributed by atoms with E-state index >= 15 is 0 Å². The summed E-state index contributed by atoms with van der Waals surface area (Å²) in [5.41, 5.74) is 1.66. The number of hydrogen-bond donors (Lipinski definition) is 1. The third-order valence-electron chi connectivity index (χ3n) is 3.07. The fourth-order valence-electron chi connectivity index (χ4n) is 2.06. The number of carboxylic acid groups (broad SMARTS) is 1. The van der Waals surface area contributed by atoms with E-state index in [2.05, 4.69) is 0 Å². The molecular formula is C16H19NO4. The van der Waals surface area contributed by atoms with Gasteiger partial charge in [0.1, 0.15) is 5.60 Å². The summed E-state index contributed by atoms with van der Waals surface area (Å²) in [4.78, 5) is 24.4. The minimum atomic E-state index is -0.947. The van der Waals surface area contributed by atoms with Crippen molar-refractivity contribution in [2.75, 3.05) is 13.1 Å². The van der Waals surface area contributed by atoms with E-state index in [-0.39, 0.29) is 11.7 Å². The molecule has 1 amide bonds. The Bertz CT molecular complexity index is 581. The number of aromatic carboxylic acids is 1. The van der Waals surface area contributed by atoms with E-state index in [9.17, 15) is 9.59 Å². The van der Waals surface area contributed by atoms with E-state index in [0.29, 0.717) is 13.1 Å². The van der Waals surface area contributed by atoms with E-state index in [4.69, 9.17) is 9.84 Å². The standard InChI is InChI=1S/C16H19NO4/c1-16(2,3)21-15(20)17-9-8-13(10-17)11-4-6-12(7-5-11)14(18)19/h4-8H,9-10H2,1-3H3,(H,18,19). The van der Waals surface area contributed by atoms with Crippen molar-refractivity contribution in [2.24, 2.45) is 0 Å². The molecule has 1 aromatic carbocycles. The molecule has 0 saturated carbocycles. The molecule has 0 saturated heterocycles. The van der Waals surface area contributed by atoms with E-state index < -0.39 is 11.6 Å². The number of carboxylic acids is 1. The molecule has 1 aliphatic heterocycles. The number of amides is 1. The maximum absolute atomic E-state index is 12.0. The number of carbonyl (C=O) groups is 2. The van der Waals surface area contributed by atoms with Gasteiger partial charge in [-0.15, -0.1) is 0 Å². The first-order chi connectivity index (χ1) is 9.76. The lowest BCUT2D eigenvalue weighted by Crippen LogP contribution is -2.35. The third-order valence-corrected chi connectivity index (χ3v) is 3.07. The van der Waals surface area contributed by atoms with Gasteiger partial charge in [-0.05, 0) is 44.0 Å². The molecule has 112 valence electrons. The summed E-state index contributed by atoms with van der Waals surface area (Å²) < 4.78 is 5.33. The smallest absolute Gasteiger partial charge is 0.410 e. The van der Waals surface area contributed by atoms with Crippen molar-refractivity contribution in [3.63, 3.8) is 0 Å². The molecule has 2 rings (SSSR count). The lowest BCUT2D eigenvalue weighted by molar-refractivity contribution is 0.0306. The van der Waals surface area contributed by atoms with E-state index in [1.165, 1.54) is 0 Å². The highest BCUT2D eigenvalue weighted by atomic mass is 16.6. The maximum atomic E-state index is 12.0. The number of hydrogen-bond acceptors (Lipinski definition) is 3. The van der Waals surface area contributed by atoms with Gasteiger partial charge in [-0.3, -0.25) is 0 Å². The van der Waals surface area contributed by atoms with Gasteiger partial charge in [0.15, 0.2) is 0 Å². The highest BCUT2D eigenvalue weighted by Crippen LogP contribution is 2.23. The highest BCUT2D eigenvalue weighted by molar-refractivity contribution is 5.88. The van der Waals surface area contributed by atoms with Crippen LogP contribution < -0.4 is 0 Å². The summed E-state index contributed by atoms with van der Waals surface area (Å²) in [6, 6.07) is 6.64. The Labute approximate surface area is 123 Å². The van der Waals surface area contributed by atoms with E-state index in [0.717, 1.165) is 11.1 Å². The Hall–Kier alpha value is -2.30. The zero-order chi connectivity index (χ0) is 15.6. The van der Waals surface area contributed by atoms with Gasteiger partial charge in [0.05, 0.1) is 5.56 Å². The molecular weight excluding hydrogens is 270 g/mol. The van der Waals surface area contributed by atoms with Gasteiger partial charge in [0.2, 0.25) is 0 Å². The van der Waals surface area contributed by atoms with E-state index in [1.54, 1.807) is 29.2 Å². The fraction of sp³-hybridized carbons (Fsp3) is 0.375. The first kappa shape index (κ1) is 15.1. The SMILES string of the molecule is CC(C)(C)OC(=O)N1CC=C(c2ccc(C(=O)O)cc2)C1. The average Bonchev–Trinajstić information content (AvgIpc) is 2.86. The topological polar surface area (TPSA) is 66.8 Å². The molecule has 1 aromatic rings. The van der Waals surface area contributed by atoms with Crippen LogP contribution in [0.3, 0.4) is 0 Å². The van der Waals surface area contributed by atoms with Gasteiger partial charge in [-0.25, -0.2) is 9.59 Å². The van der Waals surface area contributed by atoms with Crippen LogP contribution in [-0.2, 0) is 4.74 Å². The summed E-state index contributed by atoms with van der Waals surface area (Å²) in [6.07, 6.45) is 1.62. The lowest BCUT2D eigenvalue weighted by atomic mass is 10.1. The van der Waals surface area contributed by atoms with Crippen LogP contribution in [0.2, 0.25) is 0 Å². The lowest BCUT2D eigenvalue weighted by Gasteiger charge is -2.24. The fourth-order valence-corrected chi connectivity index (χ4v) is 2.06. The molecule has 0 bridgehead atoms. The van der Waals surface area contributed by atoms with Crippen LogP contribution in [0.15, 0.2) is 30.3 Å². The first-order valence-electron chi connectivity index (χ1n) is 6.77. The van der Waals surface area contributed by atoms with Gasteiger partial charge in [-0.2, -0.15) is 0 Å². The van der Waals surface area contributed by atoms with Crippen molar-refractivity contribution in [1.29, 1.82) is 0 Å². The minimum Gasteiger partial charge on any atom is -0.478 e. The zero-order valence-electron chi connectivity index (χ0n) is 12.4. The monoisotopic (exact) mass is 289 g/mol. The van der Waals surface area contributed by atoms with Crippen LogP contribution in [-0.4, -0.2) is 40.8 Å². The summed E-state index contributed by atoms with van der Waals surface area (Å²) >= 11 is 0. The second kappa shape index (κ2) is 5.60. The molecule has 0 aromatic heterocycles. The molecule has 0 spiro atoms. The Morgan fingerprint density at radius 3 is 2.33 bits per heavy atom. The minimum absolute atomic E-state index is 0.251. The largest absolute Gasteiger partial charge is 0.478 e. The van der Waals surface area contributed by atoms with Crippen LogP contribution in [0.5, 0.6) is 0 Å². The number of benzene rings is 1. The quantitative estimate of drug-likeness (QED) is 0.908. The average molecular weight is 289 g/mol. The van der Waals surface area contributed by atoms with Crippen molar-refractivity contribution in [1.82, 2.24) is 4.90 Å². The normalized spacial score (nSPS) is 14.8. The zero-order valence-corrected chi connectivity index (χ0v) is 12.4. The Morgan fingerprint density at radius 1 is 1.19 bits per heavy atom. The molecule has 0 unspecified atom stereocenters. The summed E-state index contributed by atoms with van der Waals surface area (Å²) in [5.74, 6) is -0.947. The van der Waals surface area contributed by atoms with Gasteiger partial charge in [-0.1, -0.05) is 18.2 Å². The number of carbonyl (C=O) groups excluding carboxylic acids is 1. The molecule has 0 atom stereocenters. The second-order valence-corrected chi connectivity index (χ2v) is 5.97. The van der Waals surface area contributed by atoms with Gasteiger partial charge < -0.3 is 14.7 Å². The second-order valence-electron chi connectivity index (χ2n) is 5.97. The molecule has 0 radical (unpaired) electrons. The third kappa shape index (κ3) is 3.84. The van der Waals surface area contributed by atoms with Crippen molar-refractivity contribution in [2.45, 2.75) is 26.4 Å². The van der Waals surface area contributed by atoms with Crippen molar-refractivity contribution < 1.29 is 19.4 Å². The molecule has 1 aliphatic rings. The van der Waals surface area contributed by atoms with E-state index in [1.807, 2.05) is 26.8 Å². The highest BCUT2D eigenvalue weighted by Gasteiger charge is 2.25. The summed E-state index contributed by atoms with van der Waals surface area (Å²) in [6.45, 7) is 6.48. The predicted molar refractivity (Wildman–Crippen MR) is 79.2 cm³/mol. The molecule has 5 heteroatoms. The van der Waals surface area contributed by atoms with Crippen LogP contribution in [0.1, 0.15) is 36.7 Å². The van der Waals surface area contributed by atoms with Crippen LogP contribution in [0.25, 0.3) is 5.57 Å². The van der Waals surface area contributed by atoms with Gasteiger partial charge in [0, 0.05) is 13.1 Å². The maximum Gasteiger partial charge on any atom is 0.410 e. The molecule has 0 aliphatic carbocycles. The summed E-state index contributed by atoms with van der Waals surface area (Å²) in [5, 5.41) is 8.88. The van der Waals surface area contributed by atoms with Crippen molar-refractivity contribution >= 4 is 17.6 Å². The Balaban J connectivity index is 2.01. The Morgan fingerprint density at radius 2 is 1.81 bits per heavy atom. The molecule has 0 fully saturated rings. The van der Waals surface area contributed by atoms with Gasteiger partial charge in [0.25, 0.3) is 0 Å². The molecule has 1 N–H and O–H groups in total. The number of ether oxygens (including phenoxy) is 1. The molecule has 5 nitrogen and oxygen atoms in total. The van der Waals surface area contributed by atoms with Crippen LogP contribution >= 0.6 is 0 Å². The van der Waals surface area contributed by atoms with Crippen LogP contribution in [0.4, 0.5) is 4.79 Å². The van der Waals surface area contributed by atoms with Crippen molar-refractivity contribution in [3.05, 3.63) is 41.5 Å². The predicted octanol–water partition coefficient (Wildman–Crippen LogP) is 3.02. The molecule has 21 heavy (non-hydrogen) atoms. The summed E-state index contributed by atoms with van der Waals surface area (Å²) in [7, 11) is 0. The first-order valence-corrected chi connectivity index (χ1v) is 6.77. The molecule has 1 heterocycles. The van der Waals surface area contributed by atoms with Crippen molar-refractivity contribution in [3.8, 4) is 0 Å². The number of nitrogens with zero attached hydrogens (tertiary/aromatic N) is 1. The van der Waals surface area contributed by atoms with Crippen LogP contribution in [0, 0.1) is 0 Å². The van der Waals surface area contributed by atoms with Gasteiger partial charge >= 0.3 is 12.1 Å². The number of rotatable bonds is 2. The Kier molecular flexibility index (Phi) is 4.02.